The predicted octanol–water partition coefficient (Wildman–Crippen LogP) is 2.36. The van der Waals surface area contributed by atoms with Gasteiger partial charge in [0.25, 0.3) is 5.91 Å². The highest BCUT2D eigenvalue weighted by atomic mass is 32.2. The third kappa shape index (κ3) is 4.18. The number of alkyl halides is 3. The molecule has 0 aliphatic carbocycles. The van der Waals surface area contributed by atoms with Crippen molar-refractivity contribution in [1.82, 2.24) is 10.2 Å². The van der Waals surface area contributed by atoms with E-state index in [4.69, 9.17) is 9.47 Å². The highest BCUT2D eigenvalue weighted by Crippen LogP contribution is 2.38. The van der Waals surface area contributed by atoms with E-state index >= 15 is 0 Å². The topological polar surface area (TPSA) is 67.9 Å². The lowest BCUT2D eigenvalue weighted by atomic mass is 10.1. The van der Waals surface area contributed by atoms with Gasteiger partial charge in [-0.15, -0.1) is 0 Å². The number of halogens is 3. The van der Waals surface area contributed by atoms with E-state index < -0.39 is 34.6 Å². The van der Waals surface area contributed by atoms with Crippen LogP contribution in [-0.2, 0) is 20.4 Å². The van der Waals surface area contributed by atoms with Crippen LogP contribution in [0.1, 0.15) is 16.5 Å². The summed E-state index contributed by atoms with van der Waals surface area (Å²) in [5.74, 6) is -0.547. The van der Waals surface area contributed by atoms with E-state index in [9.17, 15) is 22.8 Å². The van der Waals surface area contributed by atoms with Crippen molar-refractivity contribution in [2.24, 2.45) is 0 Å². The molecule has 2 aliphatic rings. The molecule has 10 heteroatoms. The monoisotopic (exact) mass is 376 g/mol. The lowest BCUT2D eigenvalue weighted by molar-refractivity contribution is -0.137. The summed E-state index contributed by atoms with van der Waals surface area (Å²) in [5.41, 5.74) is -1.61. The summed E-state index contributed by atoms with van der Waals surface area (Å²) in [4.78, 5) is 25.4. The quantitative estimate of drug-likeness (QED) is 0.858. The normalized spacial score (nSPS) is 24.1. The number of nitrogens with zero attached hydrogens (tertiary/aromatic N) is 1. The van der Waals surface area contributed by atoms with E-state index in [2.05, 4.69) is 5.32 Å². The van der Waals surface area contributed by atoms with E-state index in [0.29, 0.717) is 26.3 Å². The zero-order valence-electron chi connectivity index (χ0n) is 12.9. The van der Waals surface area contributed by atoms with Crippen molar-refractivity contribution in [3.05, 3.63) is 35.4 Å². The molecular formula is C15H15F3N2O4S. The fourth-order valence-corrected chi connectivity index (χ4v) is 3.51. The molecule has 2 atom stereocenters. The van der Waals surface area contributed by atoms with Crippen molar-refractivity contribution >= 4 is 23.8 Å². The molecule has 2 heterocycles. The first-order valence-electron chi connectivity index (χ1n) is 7.51. The maximum Gasteiger partial charge on any atom is 0.416 e. The van der Waals surface area contributed by atoms with E-state index in [1.807, 2.05) is 0 Å². The highest BCUT2D eigenvalue weighted by Gasteiger charge is 2.38. The molecule has 3 rings (SSSR count). The Morgan fingerprint density at radius 2 is 2.04 bits per heavy atom. The van der Waals surface area contributed by atoms with Crippen LogP contribution in [0, 0.1) is 0 Å². The van der Waals surface area contributed by atoms with Gasteiger partial charge in [-0.3, -0.25) is 4.79 Å². The number of hydrogen-bond donors (Lipinski definition) is 1. The molecule has 0 spiro atoms. The molecule has 0 aromatic heterocycles. The highest BCUT2D eigenvalue weighted by molar-refractivity contribution is 8.01. The Hall–Kier alpha value is -1.94. The number of amides is 2. The Balaban J connectivity index is 1.65. The minimum atomic E-state index is -4.47. The first-order valence-corrected chi connectivity index (χ1v) is 8.45. The second-order valence-corrected chi connectivity index (χ2v) is 6.63. The number of benzene rings is 1. The van der Waals surface area contributed by atoms with Gasteiger partial charge in [0.15, 0.2) is 0 Å². The molecule has 0 bridgehead atoms. The third-order valence-electron chi connectivity index (χ3n) is 3.74. The van der Waals surface area contributed by atoms with Crippen molar-refractivity contribution in [2.45, 2.75) is 17.0 Å². The summed E-state index contributed by atoms with van der Waals surface area (Å²) < 4.78 is 48.7. The Kier molecular flexibility index (Phi) is 5.09. The molecular weight excluding hydrogens is 361 g/mol. The summed E-state index contributed by atoms with van der Waals surface area (Å²) >= 11 is 0.955. The maximum atomic E-state index is 12.8. The predicted molar refractivity (Wildman–Crippen MR) is 82.6 cm³/mol. The van der Waals surface area contributed by atoms with E-state index in [1.165, 1.54) is 17.0 Å². The Morgan fingerprint density at radius 1 is 1.32 bits per heavy atom. The van der Waals surface area contributed by atoms with Gasteiger partial charge in [0.2, 0.25) is 5.44 Å². The van der Waals surface area contributed by atoms with Crippen LogP contribution in [0.4, 0.5) is 18.0 Å². The Labute approximate surface area is 145 Å². The van der Waals surface area contributed by atoms with Crippen LogP contribution < -0.4 is 5.32 Å². The number of hydrogen-bond acceptors (Lipinski definition) is 5. The van der Waals surface area contributed by atoms with Crippen LogP contribution in [0.15, 0.2) is 24.3 Å². The number of carbonyl (C=O) groups excluding carboxylic acids is 2. The molecule has 1 aromatic rings. The maximum absolute atomic E-state index is 12.8. The first kappa shape index (κ1) is 17.9. The van der Waals surface area contributed by atoms with Crippen molar-refractivity contribution in [1.29, 1.82) is 0 Å². The van der Waals surface area contributed by atoms with Crippen molar-refractivity contribution in [3.8, 4) is 0 Å². The van der Waals surface area contributed by atoms with Crippen LogP contribution in [0.25, 0.3) is 0 Å². The van der Waals surface area contributed by atoms with Gasteiger partial charge in [-0.05, 0) is 17.7 Å². The van der Waals surface area contributed by atoms with Gasteiger partial charge >= 0.3 is 12.3 Å². The number of ether oxygens (including phenoxy) is 2. The zero-order valence-corrected chi connectivity index (χ0v) is 13.7. The summed E-state index contributed by atoms with van der Waals surface area (Å²) in [7, 11) is 0. The molecule has 1 N–H and O–H groups in total. The van der Waals surface area contributed by atoms with Gasteiger partial charge in [-0.25, -0.2) is 4.79 Å². The molecule has 2 unspecified atom stereocenters. The number of morpholine rings is 1. The standard InChI is InChI=1S/C15H15F3N2O4S/c16-15(17,18)10-3-1-2-9(8-10)12-19-11(21)13(25-12)24-14(22)20-4-6-23-7-5-20/h1-3,8,12-13H,4-7H2,(H,19,21). The summed E-state index contributed by atoms with van der Waals surface area (Å²) in [6.45, 7) is 1.53. The molecule has 2 saturated heterocycles. The van der Waals surface area contributed by atoms with Gasteiger partial charge in [-0.2, -0.15) is 13.2 Å². The van der Waals surface area contributed by atoms with Gasteiger partial charge in [-0.1, -0.05) is 23.9 Å². The molecule has 2 fully saturated rings. The van der Waals surface area contributed by atoms with Crippen molar-refractivity contribution in [2.75, 3.05) is 26.3 Å². The van der Waals surface area contributed by atoms with Crippen LogP contribution in [0.2, 0.25) is 0 Å². The summed E-state index contributed by atoms with van der Waals surface area (Å²) in [6, 6.07) is 4.70. The van der Waals surface area contributed by atoms with Crippen LogP contribution >= 0.6 is 11.8 Å². The first-order chi connectivity index (χ1) is 11.8. The minimum absolute atomic E-state index is 0.290. The van der Waals surface area contributed by atoms with Gasteiger partial charge in [0, 0.05) is 13.1 Å². The van der Waals surface area contributed by atoms with Crippen molar-refractivity contribution < 1.29 is 32.2 Å². The average molecular weight is 376 g/mol. The number of carbonyl (C=O) groups is 2. The third-order valence-corrected chi connectivity index (χ3v) is 4.96. The van der Waals surface area contributed by atoms with Crippen LogP contribution in [-0.4, -0.2) is 48.6 Å². The molecule has 0 radical (unpaired) electrons. The summed E-state index contributed by atoms with van der Waals surface area (Å²) in [5, 5.41) is 1.83. The molecule has 25 heavy (non-hydrogen) atoms. The Bertz CT molecular complexity index is 664. The lowest BCUT2D eigenvalue weighted by Gasteiger charge is -2.26. The minimum Gasteiger partial charge on any atom is -0.425 e. The summed E-state index contributed by atoms with van der Waals surface area (Å²) in [6.07, 6.45) is -5.11. The molecule has 2 aliphatic heterocycles. The fraction of sp³-hybridized carbons (Fsp3) is 0.467. The molecule has 0 saturated carbocycles. The SMILES string of the molecule is O=C1NC(c2cccc(C(F)(F)F)c2)SC1OC(=O)N1CCOCC1. The lowest BCUT2D eigenvalue weighted by Crippen LogP contribution is -2.42. The second kappa shape index (κ2) is 7.12. The fourth-order valence-electron chi connectivity index (χ4n) is 2.45. The Morgan fingerprint density at radius 3 is 2.72 bits per heavy atom. The van der Waals surface area contributed by atoms with E-state index in [0.717, 1.165) is 23.9 Å². The zero-order chi connectivity index (χ0) is 18.0. The average Bonchev–Trinajstić information content (AvgIpc) is 2.96. The van der Waals surface area contributed by atoms with Crippen LogP contribution in [0.3, 0.4) is 0 Å². The molecule has 2 amide bonds. The second-order valence-electron chi connectivity index (χ2n) is 5.46. The van der Waals surface area contributed by atoms with E-state index in [-0.39, 0.29) is 5.56 Å². The molecule has 136 valence electrons. The largest absolute Gasteiger partial charge is 0.425 e. The molecule has 1 aromatic carbocycles. The van der Waals surface area contributed by atoms with Gasteiger partial charge in [0.05, 0.1) is 18.8 Å². The number of thioether (sulfide) groups is 1. The van der Waals surface area contributed by atoms with E-state index in [1.54, 1.807) is 0 Å². The van der Waals surface area contributed by atoms with Gasteiger partial charge < -0.3 is 19.7 Å². The van der Waals surface area contributed by atoms with Crippen molar-refractivity contribution in [3.63, 3.8) is 0 Å². The van der Waals surface area contributed by atoms with Crippen LogP contribution in [0.5, 0.6) is 0 Å². The smallest absolute Gasteiger partial charge is 0.416 e. The number of nitrogens with one attached hydrogen (secondary N) is 1. The molecule has 6 nitrogen and oxygen atoms in total. The van der Waals surface area contributed by atoms with Gasteiger partial charge in [0.1, 0.15) is 5.37 Å². The number of rotatable bonds is 2.